The monoisotopic (exact) mass is 301 g/mol. The van der Waals surface area contributed by atoms with Gasteiger partial charge in [0.25, 0.3) is 0 Å². The molecule has 2 aromatic carbocycles. The van der Waals surface area contributed by atoms with Crippen LogP contribution in [-0.4, -0.2) is 25.9 Å². The topological polar surface area (TPSA) is 50.7 Å². The number of aliphatic hydroxyl groups is 1. The van der Waals surface area contributed by atoms with Crippen molar-refractivity contribution >= 4 is 0 Å². The number of benzene rings is 2. The van der Waals surface area contributed by atoms with Crippen molar-refractivity contribution in [2.24, 2.45) is 0 Å². The molecule has 0 aliphatic heterocycles. The van der Waals surface area contributed by atoms with Crippen molar-refractivity contribution in [1.82, 2.24) is 5.32 Å². The van der Waals surface area contributed by atoms with Gasteiger partial charge in [-0.15, -0.1) is 0 Å². The molecule has 118 valence electrons. The summed E-state index contributed by atoms with van der Waals surface area (Å²) in [5, 5.41) is 12.8. The Bertz CT molecular complexity index is 550. The van der Waals surface area contributed by atoms with Crippen LogP contribution in [-0.2, 0) is 6.54 Å². The first-order chi connectivity index (χ1) is 10.8. The maximum Gasteiger partial charge on any atom is 0.122 e. The molecule has 4 heteroatoms. The lowest BCUT2D eigenvalue weighted by molar-refractivity contribution is 0.265. The van der Waals surface area contributed by atoms with E-state index in [1.54, 1.807) is 14.2 Å². The minimum atomic E-state index is 0.114. The minimum Gasteiger partial charge on any atom is -0.497 e. The van der Waals surface area contributed by atoms with E-state index < -0.39 is 0 Å². The average Bonchev–Trinajstić information content (AvgIpc) is 2.59. The molecule has 0 fully saturated rings. The van der Waals surface area contributed by atoms with Gasteiger partial charge in [-0.3, -0.25) is 0 Å². The van der Waals surface area contributed by atoms with Gasteiger partial charge in [-0.05, 0) is 29.7 Å². The summed E-state index contributed by atoms with van der Waals surface area (Å²) < 4.78 is 10.6. The van der Waals surface area contributed by atoms with Crippen molar-refractivity contribution < 1.29 is 14.6 Å². The van der Waals surface area contributed by atoms with E-state index >= 15 is 0 Å². The van der Waals surface area contributed by atoms with Crippen molar-refractivity contribution in [3.8, 4) is 11.5 Å². The van der Waals surface area contributed by atoms with Gasteiger partial charge in [0, 0.05) is 25.3 Å². The van der Waals surface area contributed by atoms with Crippen LogP contribution in [0.5, 0.6) is 11.5 Å². The van der Waals surface area contributed by atoms with Gasteiger partial charge in [-0.2, -0.15) is 0 Å². The van der Waals surface area contributed by atoms with Crippen LogP contribution in [0.3, 0.4) is 0 Å². The molecule has 22 heavy (non-hydrogen) atoms. The molecule has 0 aromatic heterocycles. The highest BCUT2D eigenvalue weighted by Gasteiger charge is 2.10. The highest BCUT2D eigenvalue weighted by molar-refractivity contribution is 5.38. The number of ether oxygens (including phenoxy) is 2. The standard InChI is InChI=1S/C18H23NO3/c1-21-16-10-14(11-17(12-16)22-2)13-19-18(8-9-20)15-6-4-3-5-7-15/h3-7,10-12,18-20H,8-9,13H2,1-2H3/t18-/m1/s1. The fraction of sp³-hybridized carbons (Fsp3) is 0.333. The number of rotatable bonds is 8. The van der Waals surface area contributed by atoms with E-state index in [9.17, 15) is 5.11 Å². The van der Waals surface area contributed by atoms with Gasteiger partial charge >= 0.3 is 0 Å². The molecule has 1 atom stereocenters. The Hall–Kier alpha value is -2.04. The van der Waals surface area contributed by atoms with Gasteiger partial charge in [-0.25, -0.2) is 0 Å². The van der Waals surface area contributed by atoms with Crippen LogP contribution in [0, 0.1) is 0 Å². The van der Waals surface area contributed by atoms with Gasteiger partial charge in [0.05, 0.1) is 14.2 Å². The van der Waals surface area contributed by atoms with E-state index in [0.717, 1.165) is 17.1 Å². The number of aliphatic hydroxyl groups excluding tert-OH is 1. The van der Waals surface area contributed by atoms with Gasteiger partial charge < -0.3 is 19.9 Å². The molecule has 2 N–H and O–H groups in total. The third-order valence-electron chi connectivity index (χ3n) is 3.58. The molecule has 0 amide bonds. The molecule has 0 spiro atoms. The summed E-state index contributed by atoms with van der Waals surface area (Å²) in [5.74, 6) is 1.55. The van der Waals surface area contributed by atoms with Crippen molar-refractivity contribution in [1.29, 1.82) is 0 Å². The van der Waals surface area contributed by atoms with E-state index in [0.29, 0.717) is 13.0 Å². The Morgan fingerprint density at radius 1 is 1.00 bits per heavy atom. The fourth-order valence-corrected chi connectivity index (χ4v) is 2.41. The van der Waals surface area contributed by atoms with Gasteiger partial charge in [0.1, 0.15) is 11.5 Å². The smallest absolute Gasteiger partial charge is 0.122 e. The molecule has 2 rings (SSSR count). The quantitative estimate of drug-likeness (QED) is 0.787. The Labute approximate surface area is 131 Å². The van der Waals surface area contributed by atoms with Crippen molar-refractivity contribution in [2.45, 2.75) is 19.0 Å². The van der Waals surface area contributed by atoms with E-state index in [1.807, 2.05) is 36.4 Å². The number of nitrogens with one attached hydrogen (secondary N) is 1. The first-order valence-corrected chi connectivity index (χ1v) is 7.38. The van der Waals surface area contributed by atoms with Crippen molar-refractivity contribution in [2.75, 3.05) is 20.8 Å². The summed E-state index contributed by atoms with van der Waals surface area (Å²) >= 11 is 0. The molecule has 0 aliphatic rings. The Kier molecular flexibility index (Phi) is 6.25. The zero-order valence-electron chi connectivity index (χ0n) is 13.1. The second-order valence-corrected chi connectivity index (χ2v) is 5.08. The van der Waals surface area contributed by atoms with Crippen LogP contribution in [0.1, 0.15) is 23.6 Å². The minimum absolute atomic E-state index is 0.114. The largest absolute Gasteiger partial charge is 0.497 e. The van der Waals surface area contributed by atoms with E-state index in [2.05, 4.69) is 17.4 Å². The number of methoxy groups -OCH3 is 2. The number of hydrogen-bond donors (Lipinski definition) is 2. The fourth-order valence-electron chi connectivity index (χ4n) is 2.41. The van der Waals surface area contributed by atoms with Gasteiger partial charge in [-0.1, -0.05) is 30.3 Å². The second kappa shape index (κ2) is 8.41. The highest BCUT2D eigenvalue weighted by atomic mass is 16.5. The van der Waals surface area contributed by atoms with Crippen LogP contribution < -0.4 is 14.8 Å². The highest BCUT2D eigenvalue weighted by Crippen LogP contribution is 2.23. The molecular formula is C18H23NO3. The predicted octanol–water partition coefficient (Wildman–Crippen LogP) is 2.92. The SMILES string of the molecule is COc1cc(CN[C@H](CCO)c2ccccc2)cc(OC)c1. The van der Waals surface area contributed by atoms with E-state index in [1.165, 1.54) is 5.56 Å². The molecule has 2 aromatic rings. The zero-order valence-corrected chi connectivity index (χ0v) is 13.1. The molecule has 0 saturated heterocycles. The van der Waals surface area contributed by atoms with E-state index in [4.69, 9.17) is 9.47 Å². The van der Waals surface area contributed by atoms with E-state index in [-0.39, 0.29) is 12.6 Å². The summed E-state index contributed by atoms with van der Waals surface area (Å²) in [5.41, 5.74) is 2.25. The van der Waals surface area contributed by atoms with Crippen LogP contribution in [0.4, 0.5) is 0 Å². The maximum absolute atomic E-state index is 9.28. The lowest BCUT2D eigenvalue weighted by atomic mass is 10.0. The summed E-state index contributed by atoms with van der Waals surface area (Å²) in [4.78, 5) is 0. The van der Waals surface area contributed by atoms with Crippen LogP contribution in [0.2, 0.25) is 0 Å². The lowest BCUT2D eigenvalue weighted by Gasteiger charge is -2.19. The zero-order chi connectivity index (χ0) is 15.8. The van der Waals surface area contributed by atoms with Gasteiger partial charge in [0.2, 0.25) is 0 Å². The van der Waals surface area contributed by atoms with Crippen LogP contribution in [0.15, 0.2) is 48.5 Å². The summed E-state index contributed by atoms with van der Waals surface area (Å²) in [6.07, 6.45) is 0.672. The lowest BCUT2D eigenvalue weighted by Crippen LogP contribution is -2.22. The third kappa shape index (κ3) is 4.48. The number of hydrogen-bond acceptors (Lipinski definition) is 4. The summed E-state index contributed by atoms with van der Waals surface area (Å²) in [6, 6.07) is 16.1. The normalized spacial score (nSPS) is 12.0. The molecule has 0 radical (unpaired) electrons. The molecule has 0 unspecified atom stereocenters. The molecule has 4 nitrogen and oxygen atoms in total. The molecule has 0 aliphatic carbocycles. The average molecular weight is 301 g/mol. The van der Waals surface area contributed by atoms with Crippen molar-refractivity contribution in [3.05, 3.63) is 59.7 Å². The molecule has 0 heterocycles. The Balaban J connectivity index is 2.09. The van der Waals surface area contributed by atoms with Crippen molar-refractivity contribution in [3.63, 3.8) is 0 Å². The molecular weight excluding hydrogens is 278 g/mol. The summed E-state index contributed by atoms with van der Waals surface area (Å²) in [7, 11) is 3.29. The third-order valence-corrected chi connectivity index (χ3v) is 3.58. The Morgan fingerprint density at radius 3 is 2.18 bits per heavy atom. The first-order valence-electron chi connectivity index (χ1n) is 7.38. The van der Waals surface area contributed by atoms with Gasteiger partial charge in [0.15, 0.2) is 0 Å². The Morgan fingerprint density at radius 2 is 1.64 bits per heavy atom. The first kappa shape index (κ1) is 16.3. The van der Waals surface area contributed by atoms with Crippen LogP contribution in [0.25, 0.3) is 0 Å². The van der Waals surface area contributed by atoms with Crippen LogP contribution >= 0.6 is 0 Å². The predicted molar refractivity (Wildman–Crippen MR) is 87.3 cm³/mol. The maximum atomic E-state index is 9.28. The molecule has 0 bridgehead atoms. The second-order valence-electron chi connectivity index (χ2n) is 5.08. The summed E-state index contributed by atoms with van der Waals surface area (Å²) in [6.45, 7) is 0.821. The molecule has 0 saturated carbocycles.